The standard InChI is InChI=1S/C13H14N6O5S/c14-8-4-5-10(17-13(23)18-11(5)25)19(9(4)16-2-15-8)12-7(22)6(21)3(1-20)24-12/h2-3,6-7,12,20-22H,1H2,(H2,14,15,16)(H2,17,18,23,25)/t3-,6-,7-,12-/m1/s1. The lowest BCUT2D eigenvalue weighted by atomic mass is 10.1. The molecule has 3 aromatic rings. The molecule has 0 saturated carbocycles. The fourth-order valence-corrected chi connectivity index (χ4v) is 3.44. The van der Waals surface area contributed by atoms with Crippen molar-refractivity contribution in [2.24, 2.45) is 0 Å². The minimum absolute atomic E-state index is 0.121. The molecular weight excluding hydrogens is 352 g/mol. The lowest BCUT2D eigenvalue weighted by Gasteiger charge is -2.18. The summed E-state index contributed by atoms with van der Waals surface area (Å²) >= 11 is 5.22. The van der Waals surface area contributed by atoms with E-state index in [1.54, 1.807) is 0 Å². The van der Waals surface area contributed by atoms with Crippen molar-refractivity contribution in [1.29, 1.82) is 0 Å². The SMILES string of the molecule is Nc1ncnc2c1c1c(=S)[nH]c(=O)[nH]c1n2[C@@H]1O[C@H](CO)[C@@H](O)[C@H]1O. The third kappa shape index (κ3) is 2.19. The predicted molar refractivity (Wildman–Crippen MR) is 88.3 cm³/mol. The van der Waals surface area contributed by atoms with Gasteiger partial charge in [-0.1, -0.05) is 12.2 Å². The molecule has 7 N–H and O–H groups in total. The van der Waals surface area contributed by atoms with Crippen molar-refractivity contribution in [2.45, 2.75) is 24.5 Å². The molecule has 11 nitrogen and oxygen atoms in total. The number of ether oxygens (including phenoxy) is 1. The molecule has 25 heavy (non-hydrogen) atoms. The Balaban J connectivity index is 2.11. The van der Waals surface area contributed by atoms with Crippen LogP contribution in [0.4, 0.5) is 5.82 Å². The Morgan fingerprint density at radius 2 is 2.04 bits per heavy atom. The Morgan fingerprint density at radius 1 is 1.28 bits per heavy atom. The van der Waals surface area contributed by atoms with E-state index < -0.39 is 36.8 Å². The van der Waals surface area contributed by atoms with Crippen molar-refractivity contribution in [2.75, 3.05) is 12.3 Å². The molecular formula is C13H14N6O5S. The lowest BCUT2D eigenvalue weighted by Crippen LogP contribution is -2.33. The van der Waals surface area contributed by atoms with Crippen LogP contribution in [0, 0.1) is 4.64 Å². The third-order valence-corrected chi connectivity index (χ3v) is 4.58. The average Bonchev–Trinajstić information content (AvgIpc) is 3.04. The summed E-state index contributed by atoms with van der Waals surface area (Å²) in [4.78, 5) is 25.0. The first-order valence-corrected chi connectivity index (χ1v) is 7.74. The molecule has 1 aliphatic heterocycles. The second kappa shape index (κ2) is 5.57. The van der Waals surface area contributed by atoms with E-state index >= 15 is 0 Å². The molecule has 4 rings (SSSR count). The highest BCUT2D eigenvalue weighted by Crippen LogP contribution is 2.37. The number of nitrogens with one attached hydrogen (secondary N) is 2. The summed E-state index contributed by atoms with van der Waals surface area (Å²) < 4.78 is 7.07. The van der Waals surface area contributed by atoms with Gasteiger partial charge in [0.2, 0.25) is 0 Å². The van der Waals surface area contributed by atoms with Crippen LogP contribution < -0.4 is 11.4 Å². The fourth-order valence-electron chi connectivity index (χ4n) is 3.15. The molecule has 0 radical (unpaired) electrons. The summed E-state index contributed by atoms with van der Waals surface area (Å²) in [7, 11) is 0. The van der Waals surface area contributed by atoms with E-state index in [1.807, 2.05) is 0 Å². The van der Waals surface area contributed by atoms with E-state index in [0.29, 0.717) is 10.8 Å². The minimum Gasteiger partial charge on any atom is -0.394 e. The van der Waals surface area contributed by atoms with E-state index in [0.717, 1.165) is 0 Å². The molecule has 1 aliphatic rings. The van der Waals surface area contributed by atoms with Gasteiger partial charge in [-0.25, -0.2) is 14.8 Å². The number of rotatable bonds is 2. The fraction of sp³-hybridized carbons (Fsp3) is 0.385. The van der Waals surface area contributed by atoms with Crippen LogP contribution in [-0.4, -0.2) is 64.7 Å². The number of nitrogens with zero attached hydrogens (tertiary/aromatic N) is 3. The monoisotopic (exact) mass is 366 g/mol. The second-order valence-electron chi connectivity index (χ2n) is 5.69. The molecule has 132 valence electrons. The molecule has 0 amide bonds. The third-order valence-electron chi connectivity index (χ3n) is 4.27. The molecule has 1 fully saturated rings. The zero-order valence-electron chi connectivity index (χ0n) is 12.6. The Hall–Kier alpha value is -2.38. The number of aliphatic hydroxyl groups is 3. The molecule has 0 bridgehead atoms. The van der Waals surface area contributed by atoms with Crippen LogP contribution in [0.25, 0.3) is 22.1 Å². The maximum absolute atomic E-state index is 11.8. The highest BCUT2D eigenvalue weighted by atomic mass is 32.1. The van der Waals surface area contributed by atoms with Crippen LogP contribution in [0.5, 0.6) is 0 Å². The Labute approximate surface area is 143 Å². The van der Waals surface area contributed by atoms with Crippen LogP contribution in [0.1, 0.15) is 6.23 Å². The second-order valence-corrected chi connectivity index (χ2v) is 6.10. The number of H-pyrrole nitrogens is 2. The number of anilines is 1. The van der Waals surface area contributed by atoms with Crippen molar-refractivity contribution in [3.05, 3.63) is 21.5 Å². The zero-order chi connectivity index (χ0) is 17.9. The summed E-state index contributed by atoms with van der Waals surface area (Å²) in [6.45, 7) is -0.487. The lowest BCUT2D eigenvalue weighted by molar-refractivity contribution is -0.0492. The highest BCUT2D eigenvalue weighted by molar-refractivity contribution is 7.71. The van der Waals surface area contributed by atoms with Crippen LogP contribution >= 0.6 is 12.2 Å². The molecule has 0 unspecified atom stereocenters. The number of hydrogen-bond acceptors (Lipinski definition) is 9. The maximum atomic E-state index is 11.8. The number of fused-ring (bicyclic) bond motifs is 3. The quantitative estimate of drug-likeness (QED) is 0.295. The van der Waals surface area contributed by atoms with Gasteiger partial charge < -0.3 is 25.8 Å². The van der Waals surface area contributed by atoms with Gasteiger partial charge in [-0.15, -0.1) is 0 Å². The number of aromatic nitrogens is 5. The maximum Gasteiger partial charge on any atom is 0.325 e. The first-order chi connectivity index (χ1) is 11.9. The first kappa shape index (κ1) is 16.1. The summed E-state index contributed by atoms with van der Waals surface area (Å²) in [6.07, 6.45) is -3.57. The van der Waals surface area contributed by atoms with Crippen molar-refractivity contribution in [3.63, 3.8) is 0 Å². The van der Waals surface area contributed by atoms with Crippen LogP contribution in [0.2, 0.25) is 0 Å². The molecule has 0 spiro atoms. The Kier molecular flexibility index (Phi) is 3.59. The molecule has 12 heteroatoms. The van der Waals surface area contributed by atoms with Gasteiger partial charge in [-0.2, -0.15) is 0 Å². The normalized spacial score (nSPS) is 26.7. The number of aromatic amines is 2. The van der Waals surface area contributed by atoms with Crippen molar-refractivity contribution in [3.8, 4) is 0 Å². The smallest absolute Gasteiger partial charge is 0.325 e. The van der Waals surface area contributed by atoms with Crippen LogP contribution in [-0.2, 0) is 4.74 Å². The van der Waals surface area contributed by atoms with E-state index in [1.165, 1.54) is 10.9 Å². The number of hydrogen-bond donors (Lipinski definition) is 6. The summed E-state index contributed by atoms with van der Waals surface area (Å²) in [5.41, 5.74) is 5.85. The highest BCUT2D eigenvalue weighted by Gasteiger charge is 2.44. The van der Waals surface area contributed by atoms with Gasteiger partial charge in [0.1, 0.15) is 46.4 Å². The zero-order valence-corrected chi connectivity index (χ0v) is 13.4. The predicted octanol–water partition coefficient (Wildman–Crippen LogP) is -1.48. The van der Waals surface area contributed by atoms with Gasteiger partial charge in [0.25, 0.3) is 0 Å². The number of nitrogens with two attached hydrogens (primary N) is 1. The van der Waals surface area contributed by atoms with E-state index in [-0.39, 0.29) is 21.8 Å². The number of nitrogen functional groups attached to an aromatic ring is 1. The Morgan fingerprint density at radius 3 is 2.72 bits per heavy atom. The molecule has 4 atom stereocenters. The molecule has 4 heterocycles. The first-order valence-electron chi connectivity index (χ1n) is 7.33. The van der Waals surface area contributed by atoms with E-state index in [2.05, 4.69) is 19.9 Å². The van der Waals surface area contributed by atoms with E-state index in [9.17, 15) is 20.1 Å². The number of aliphatic hydroxyl groups excluding tert-OH is 3. The summed E-state index contributed by atoms with van der Waals surface area (Å²) in [6, 6.07) is 0. The van der Waals surface area contributed by atoms with E-state index in [4.69, 9.17) is 22.7 Å². The average molecular weight is 366 g/mol. The van der Waals surface area contributed by atoms with Crippen LogP contribution in [0.3, 0.4) is 0 Å². The van der Waals surface area contributed by atoms with Gasteiger partial charge >= 0.3 is 5.69 Å². The van der Waals surface area contributed by atoms with Gasteiger partial charge in [0, 0.05) is 0 Å². The van der Waals surface area contributed by atoms with Gasteiger partial charge in [0.15, 0.2) is 6.23 Å². The Bertz CT molecular complexity index is 1090. The van der Waals surface area contributed by atoms with Crippen molar-refractivity contribution in [1.82, 2.24) is 24.5 Å². The van der Waals surface area contributed by atoms with Crippen molar-refractivity contribution < 1.29 is 20.1 Å². The van der Waals surface area contributed by atoms with Gasteiger partial charge in [-0.3, -0.25) is 14.5 Å². The minimum atomic E-state index is -1.37. The molecule has 3 aromatic heterocycles. The van der Waals surface area contributed by atoms with Crippen LogP contribution in [0.15, 0.2) is 11.1 Å². The van der Waals surface area contributed by atoms with Crippen molar-refractivity contribution >= 4 is 40.1 Å². The molecule has 0 aromatic carbocycles. The van der Waals surface area contributed by atoms with Gasteiger partial charge in [0.05, 0.1) is 17.4 Å². The molecule has 1 saturated heterocycles. The molecule has 0 aliphatic carbocycles. The summed E-state index contributed by atoms with van der Waals surface area (Å²) in [5.74, 6) is 0.132. The van der Waals surface area contributed by atoms with Gasteiger partial charge in [-0.05, 0) is 0 Å². The largest absolute Gasteiger partial charge is 0.394 e. The summed E-state index contributed by atoms with van der Waals surface area (Å²) in [5, 5.41) is 30.4. The topological polar surface area (TPSA) is 175 Å².